The predicted molar refractivity (Wildman–Crippen MR) is 56.1 cm³/mol. The number of nitrogens with one attached hydrogen (secondary N) is 1. The molecule has 1 aromatic rings. The Morgan fingerprint density at radius 1 is 1.67 bits per heavy atom. The maximum absolute atomic E-state index is 10.4. The van der Waals surface area contributed by atoms with Gasteiger partial charge in [-0.3, -0.25) is 5.32 Å². The van der Waals surface area contributed by atoms with Crippen molar-refractivity contribution in [2.75, 3.05) is 5.32 Å². The zero-order valence-electron chi connectivity index (χ0n) is 9.20. The maximum Gasteiger partial charge on any atom is 0.411 e. The van der Waals surface area contributed by atoms with Crippen molar-refractivity contribution in [3.8, 4) is 0 Å². The van der Waals surface area contributed by atoms with Gasteiger partial charge in [0.2, 0.25) is 5.88 Å². The van der Waals surface area contributed by atoms with Gasteiger partial charge in [-0.1, -0.05) is 32.3 Å². The van der Waals surface area contributed by atoms with Gasteiger partial charge in [-0.05, 0) is 6.42 Å². The first-order valence-electron chi connectivity index (χ1n) is 4.93. The highest BCUT2D eigenvalue weighted by Gasteiger charge is 2.24. The predicted octanol–water partition coefficient (Wildman–Crippen LogP) is 2.84. The van der Waals surface area contributed by atoms with Crippen molar-refractivity contribution in [3.05, 3.63) is 11.8 Å². The number of nitrogens with zero attached hydrogens (tertiary/aromatic N) is 1. The molecule has 0 aromatic carbocycles. The Morgan fingerprint density at radius 2 is 2.33 bits per heavy atom. The molecule has 0 aliphatic heterocycles. The minimum Gasteiger partial charge on any atom is -0.465 e. The van der Waals surface area contributed by atoms with Crippen LogP contribution in [0.3, 0.4) is 0 Å². The molecule has 0 fully saturated rings. The minimum atomic E-state index is -1.15. The maximum atomic E-state index is 10.4. The molecule has 5 heteroatoms. The second kappa shape index (κ2) is 4.33. The molecule has 0 saturated carbocycles. The summed E-state index contributed by atoms with van der Waals surface area (Å²) < 4.78 is 4.87. The van der Waals surface area contributed by atoms with E-state index in [9.17, 15) is 4.79 Å². The topological polar surface area (TPSA) is 75.4 Å². The Morgan fingerprint density at radius 3 is 2.87 bits per heavy atom. The van der Waals surface area contributed by atoms with E-state index in [1.54, 1.807) is 6.07 Å². The van der Waals surface area contributed by atoms with E-state index in [0.717, 1.165) is 18.5 Å². The van der Waals surface area contributed by atoms with Crippen LogP contribution < -0.4 is 5.32 Å². The molecule has 15 heavy (non-hydrogen) atoms. The van der Waals surface area contributed by atoms with Gasteiger partial charge < -0.3 is 9.63 Å². The lowest BCUT2D eigenvalue weighted by Crippen LogP contribution is -2.16. The van der Waals surface area contributed by atoms with E-state index in [4.69, 9.17) is 9.63 Å². The third-order valence-electron chi connectivity index (χ3n) is 2.31. The van der Waals surface area contributed by atoms with Crippen LogP contribution in [0.25, 0.3) is 0 Å². The van der Waals surface area contributed by atoms with E-state index >= 15 is 0 Å². The molecule has 0 radical (unpaired) electrons. The highest BCUT2D eigenvalue weighted by Crippen LogP contribution is 2.28. The van der Waals surface area contributed by atoms with Crippen LogP contribution in [0.15, 0.2) is 10.6 Å². The van der Waals surface area contributed by atoms with Crippen LogP contribution >= 0.6 is 0 Å². The number of rotatable bonds is 4. The quantitative estimate of drug-likeness (QED) is 0.804. The highest BCUT2D eigenvalue weighted by molar-refractivity contribution is 5.80. The minimum absolute atomic E-state index is 0.0866. The third kappa shape index (κ3) is 2.97. The first-order valence-corrected chi connectivity index (χ1v) is 4.93. The third-order valence-corrected chi connectivity index (χ3v) is 2.31. The zero-order chi connectivity index (χ0) is 11.5. The lowest BCUT2D eigenvalue weighted by atomic mass is 9.85. The molecule has 1 amide bonds. The molecular formula is C10H16N2O3. The highest BCUT2D eigenvalue weighted by atomic mass is 16.5. The Labute approximate surface area is 88.5 Å². The summed E-state index contributed by atoms with van der Waals surface area (Å²) in [7, 11) is 0. The SMILES string of the molecule is CCCC(C)(C)c1cc(NC(=O)O)on1. The van der Waals surface area contributed by atoms with E-state index in [1.807, 2.05) is 0 Å². The summed E-state index contributed by atoms with van der Waals surface area (Å²) in [5, 5.41) is 14.5. The summed E-state index contributed by atoms with van der Waals surface area (Å²) in [6, 6.07) is 1.63. The van der Waals surface area contributed by atoms with E-state index in [2.05, 4.69) is 31.2 Å². The number of hydrogen-bond acceptors (Lipinski definition) is 3. The fraction of sp³-hybridized carbons (Fsp3) is 0.600. The van der Waals surface area contributed by atoms with E-state index in [1.165, 1.54) is 0 Å². The monoisotopic (exact) mass is 212 g/mol. The largest absolute Gasteiger partial charge is 0.465 e. The molecule has 0 saturated heterocycles. The van der Waals surface area contributed by atoms with Crippen LogP contribution in [0.1, 0.15) is 39.3 Å². The smallest absolute Gasteiger partial charge is 0.411 e. The van der Waals surface area contributed by atoms with Gasteiger partial charge in [-0.2, -0.15) is 0 Å². The molecular weight excluding hydrogens is 196 g/mol. The number of carbonyl (C=O) groups is 1. The summed E-state index contributed by atoms with van der Waals surface area (Å²) in [4.78, 5) is 10.4. The van der Waals surface area contributed by atoms with Crippen molar-refractivity contribution in [2.45, 2.75) is 39.0 Å². The van der Waals surface area contributed by atoms with Crippen LogP contribution in [0.5, 0.6) is 0 Å². The number of carboxylic acid groups (broad SMARTS) is 1. The van der Waals surface area contributed by atoms with Crippen LogP contribution in [0.4, 0.5) is 10.7 Å². The average molecular weight is 212 g/mol. The fourth-order valence-electron chi connectivity index (χ4n) is 1.51. The van der Waals surface area contributed by atoms with Gasteiger partial charge in [0.05, 0.1) is 5.69 Å². The molecule has 2 N–H and O–H groups in total. The summed E-state index contributed by atoms with van der Waals surface area (Å²) in [6.45, 7) is 6.20. The van der Waals surface area contributed by atoms with Crippen molar-refractivity contribution >= 4 is 12.0 Å². The van der Waals surface area contributed by atoms with Gasteiger partial charge in [0.25, 0.3) is 0 Å². The van der Waals surface area contributed by atoms with Gasteiger partial charge in [0.1, 0.15) is 0 Å². The van der Waals surface area contributed by atoms with Crippen LogP contribution in [-0.2, 0) is 5.41 Å². The Kier molecular flexibility index (Phi) is 3.34. The summed E-state index contributed by atoms with van der Waals surface area (Å²) >= 11 is 0. The standard InChI is InChI=1S/C10H16N2O3/c1-4-5-10(2,3)7-6-8(15-12-7)11-9(13)14/h6,11H,4-5H2,1-3H3,(H,13,14). The molecule has 0 spiro atoms. The lowest BCUT2D eigenvalue weighted by molar-refractivity contribution is 0.208. The first-order chi connectivity index (χ1) is 6.95. The number of aromatic nitrogens is 1. The van der Waals surface area contributed by atoms with Crippen LogP contribution in [0, 0.1) is 0 Å². The molecule has 0 aliphatic rings. The molecule has 0 atom stereocenters. The fourth-order valence-corrected chi connectivity index (χ4v) is 1.51. The van der Waals surface area contributed by atoms with Gasteiger partial charge >= 0.3 is 6.09 Å². The summed E-state index contributed by atoms with van der Waals surface area (Å²) in [5.74, 6) is 0.168. The Hall–Kier alpha value is -1.52. The average Bonchev–Trinajstić information content (AvgIpc) is 2.51. The first kappa shape index (κ1) is 11.6. The van der Waals surface area contributed by atoms with Crippen LogP contribution in [-0.4, -0.2) is 16.4 Å². The summed E-state index contributed by atoms with van der Waals surface area (Å²) in [6.07, 6.45) is 0.874. The van der Waals surface area contributed by atoms with Crippen molar-refractivity contribution in [3.63, 3.8) is 0 Å². The van der Waals surface area contributed by atoms with Crippen molar-refractivity contribution in [1.29, 1.82) is 0 Å². The molecule has 0 bridgehead atoms. The summed E-state index contributed by atoms with van der Waals surface area (Å²) in [5.41, 5.74) is 0.685. The molecule has 84 valence electrons. The second-order valence-corrected chi connectivity index (χ2v) is 4.14. The van der Waals surface area contributed by atoms with Crippen LogP contribution in [0.2, 0.25) is 0 Å². The van der Waals surface area contributed by atoms with Crippen molar-refractivity contribution < 1.29 is 14.4 Å². The second-order valence-electron chi connectivity index (χ2n) is 4.14. The molecule has 5 nitrogen and oxygen atoms in total. The number of hydrogen-bond donors (Lipinski definition) is 2. The molecule has 0 aliphatic carbocycles. The van der Waals surface area contributed by atoms with E-state index in [-0.39, 0.29) is 11.3 Å². The van der Waals surface area contributed by atoms with Gasteiger partial charge in [0, 0.05) is 11.5 Å². The molecule has 0 unspecified atom stereocenters. The number of amides is 1. The normalized spacial score (nSPS) is 11.4. The van der Waals surface area contributed by atoms with Gasteiger partial charge in [0.15, 0.2) is 0 Å². The van der Waals surface area contributed by atoms with E-state index < -0.39 is 6.09 Å². The Bertz CT molecular complexity index is 344. The zero-order valence-corrected chi connectivity index (χ0v) is 9.20. The molecule has 1 heterocycles. The number of anilines is 1. The molecule has 1 aromatic heterocycles. The van der Waals surface area contributed by atoms with Gasteiger partial charge in [-0.25, -0.2) is 4.79 Å². The van der Waals surface area contributed by atoms with Gasteiger partial charge in [-0.15, -0.1) is 0 Å². The van der Waals surface area contributed by atoms with E-state index in [0.29, 0.717) is 0 Å². The Balaban J connectivity index is 2.78. The van der Waals surface area contributed by atoms with Crippen molar-refractivity contribution in [1.82, 2.24) is 5.16 Å². The lowest BCUT2D eigenvalue weighted by Gasteiger charge is -2.19. The molecule has 1 rings (SSSR count). The van der Waals surface area contributed by atoms with Crippen molar-refractivity contribution in [2.24, 2.45) is 0 Å².